The maximum Gasteiger partial charge on any atom is 0.573 e. The molecule has 0 aromatic carbocycles. The highest BCUT2D eigenvalue weighted by Gasteiger charge is 2.34. The van der Waals surface area contributed by atoms with Crippen molar-refractivity contribution in [2.75, 3.05) is 33.9 Å². The average Bonchev–Trinajstić information content (AvgIpc) is 3.32. The normalized spacial score (nSPS) is 18.6. The van der Waals surface area contributed by atoms with Crippen LogP contribution in [-0.4, -0.2) is 67.2 Å². The van der Waals surface area contributed by atoms with Gasteiger partial charge in [-0.1, -0.05) is 27.2 Å². The van der Waals surface area contributed by atoms with E-state index in [9.17, 15) is 18.0 Å². The quantitative estimate of drug-likeness (QED) is 0.543. The molecule has 0 spiro atoms. The van der Waals surface area contributed by atoms with Gasteiger partial charge in [-0.05, 0) is 51.3 Å². The molecule has 7 nitrogen and oxygen atoms in total. The molecule has 0 saturated heterocycles. The number of carbonyl (C=O) groups is 1. The number of aromatic nitrogens is 1. The lowest BCUT2D eigenvalue weighted by Crippen LogP contribution is -2.40. The molecule has 1 fully saturated rings. The Morgan fingerprint density at radius 3 is 2.43 bits per heavy atom. The smallest absolute Gasteiger partial charge is 0.404 e. The number of carbonyl (C=O) groups excluding carboxylic acids is 1. The van der Waals surface area contributed by atoms with Crippen molar-refractivity contribution in [3.8, 4) is 5.75 Å². The molecule has 2 heterocycles. The number of aliphatic hydroxyl groups is 1. The second-order valence-corrected chi connectivity index (χ2v) is 7.99. The van der Waals surface area contributed by atoms with E-state index in [4.69, 9.17) is 9.84 Å². The topological polar surface area (TPSA) is 83.9 Å². The van der Waals surface area contributed by atoms with Crippen molar-refractivity contribution in [1.82, 2.24) is 15.2 Å². The number of nitrogens with one attached hydrogen (secondary N) is 1. The van der Waals surface area contributed by atoms with E-state index < -0.39 is 6.36 Å². The van der Waals surface area contributed by atoms with Gasteiger partial charge < -0.3 is 24.8 Å². The van der Waals surface area contributed by atoms with E-state index in [1.54, 1.807) is 18.9 Å². The summed E-state index contributed by atoms with van der Waals surface area (Å²) in [7, 11) is 3.62. The molecule has 2 unspecified atom stereocenters. The fourth-order valence-electron chi connectivity index (χ4n) is 3.80. The summed E-state index contributed by atoms with van der Waals surface area (Å²) < 4.78 is 45.7. The third kappa shape index (κ3) is 13.1. The van der Waals surface area contributed by atoms with Crippen LogP contribution in [-0.2, 0) is 22.5 Å². The van der Waals surface area contributed by atoms with Crippen molar-refractivity contribution < 1.29 is 32.5 Å². The largest absolute Gasteiger partial charge is 0.573 e. The summed E-state index contributed by atoms with van der Waals surface area (Å²) in [6, 6.07) is 1.70. The fourth-order valence-corrected chi connectivity index (χ4v) is 3.80. The maximum absolute atomic E-state index is 12.7. The minimum absolute atomic E-state index is 0.00781. The lowest BCUT2D eigenvalue weighted by molar-refractivity contribution is -0.274. The Hall–Kier alpha value is -1.91. The summed E-state index contributed by atoms with van der Waals surface area (Å²) in [5, 5.41) is 10.8. The van der Waals surface area contributed by atoms with E-state index in [1.165, 1.54) is 18.9 Å². The van der Waals surface area contributed by atoms with Gasteiger partial charge in [0, 0.05) is 57.5 Å². The summed E-state index contributed by atoms with van der Waals surface area (Å²) >= 11 is 0. The zero-order valence-electron chi connectivity index (χ0n) is 22.1. The highest BCUT2D eigenvalue weighted by molar-refractivity contribution is 5.79. The Balaban J connectivity index is 0.000000894. The van der Waals surface area contributed by atoms with Crippen LogP contribution in [0.15, 0.2) is 12.3 Å². The Labute approximate surface area is 208 Å². The second kappa shape index (κ2) is 18.4. The third-order valence-corrected chi connectivity index (χ3v) is 5.45. The second-order valence-electron chi connectivity index (χ2n) is 7.99. The number of ether oxygens (including phenoxy) is 2. The Morgan fingerprint density at radius 2 is 1.94 bits per heavy atom. The molecule has 204 valence electrons. The van der Waals surface area contributed by atoms with Gasteiger partial charge in [-0.15, -0.1) is 13.2 Å². The molecule has 10 heteroatoms. The van der Waals surface area contributed by atoms with Gasteiger partial charge in [-0.2, -0.15) is 0 Å². The van der Waals surface area contributed by atoms with Crippen LogP contribution in [0.1, 0.15) is 71.1 Å². The van der Waals surface area contributed by atoms with Gasteiger partial charge in [0.2, 0.25) is 5.91 Å². The van der Waals surface area contributed by atoms with E-state index >= 15 is 0 Å². The molecule has 1 aromatic heterocycles. The number of methoxy groups -OCH3 is 1. The lowest BCUT2D eigenvalue weighted by atomic mass is 10.0. The predicted molar refractivity (Wildman–Crippen MR) is 131 cm³/mol. The molecule has 0 bridgehead atoms. The molecule has 35 heavy (non-hydrogen) atoms. The molecule has 2 N–H and O–H groups in total. The van der Waals surface area contributed by atoms with Crippen LogP contribution in [0.3, 0.4) is 0 Å². The highest BCUT2D eigenvalue weighted by atomic mass is 19.4. The zero-order valence-corrected chi connectivity index (χ0v) is 22.1. The Morgan fingerprint density at radius 1 is 1.29 bits per heavy atom. The van der Waals surface area contributed by atoms with Gasteiger partial charge >= 0.3 is 6.36 Å². The molecule has 3 rings (SSSR count). The van der Waals surface area contributed by atoms with Crippen LogP contribution in [0.5, 0.6) is 5.75 Å². The zero-order chi connectivity index (χ0) is 26.9. The number of hydrogen-bond acceptors (Lipinski definition) is 6. The minimum atomic E-state index is -4.74. The van der Waals surface area contributed by atoms with E-state index in [2.05, 4.69) is 22.0 Å². The molecule has 2 aliphatic rings. The number of amides is 1. The molecule has 1 amide bonds. The number of aliphatic hydroxyl groups excluding tert-OH is 1. The van der Waals surface area contributed by atoms with Crippen molar-refractivity contribution in [1.29, 1.82) is 0 Å². The molecule has 1 saturated carbocycles. The van der Waals surface area contributed by atoms with Crippen LogP contribution < -0.4 is 10.1 Å². The first kappa shape index (κ1) is 33.1. The number of hydrogen-bond donors (Lipinski definition) is 2. The van der Waals surface area contributed by atoms with Gasteiger partial charge in [0.25, 0.3) is 0 Å². The van der Waals surface area contributed by atoms with Crippen LogP contribution in [0, 0.1) is 5.92 Å². The van der Waals surface area contributed by atoms with Crippen molar-refractivity contribution in [2.24, 2.45) is 5.92 Å². The van der Waals surface area contributed by atoms with Crippen LogP contribution >= 0.6 is 0 Å². The van der Waals surface area contributed by atoms with Crippen molar-refractivity contribution in [2.45, 2.75) is 85.2 Å². The monoisotopic (exact) mass is 507 g/mol. The van der Waals surface area contributed by atoms with Crippen LogP contribution in [0.4, 0.5) is 13.2 Å². The van der Waals surface area contributed by atoms with Crippen molar-refractivity contribution >= 4 is 5.91 Å². The maximum atomic E-state index is 12.7. The molecule has 1 aromatic rings. The highest BCUT2D eigenvalue weighted by Crippen LogP contribution is 2.30. The molecule has 2 atom stereocenters. The first-order valence-electron chi connectivity index (χ1n) is 12.5. The SMILES string of the molecule is CC.CCCCOC.CCO.CNC1CCC(C(=O)N2CCc3ncc(OC(F)(F)F)cc3C2)C1. The van der Waals surface area contributed by atoms with Gasteiger partial charge in [0.05, 0.1) is 6.20 Å². The fraction of sp³-hybridized carbons (Fsp3) is 0.760. The molecular weight excluding hydrogens is 463 g/mol. The van der Waals surface area contributed by atoms with E-state index in [0.29, 0.717) is 24.6 Å². The number of pyridine rings is 1. The summed E-state index contributed by atoms with van der Waals surface area (Å²) in [6.07, 6.45) is 1.95. The van der Waals surface area contributed by atoms with Crippen LogP contribution in [0.25, 0.3) is 0 Å². The first-order chi connectivity index (χ1) is 16.7. The number of halogens is 3. The number of unbranched alkanes of at least 4 members (excludes halogenated alkanes) is 1. The number of rotatable bonds is 6. The van der Waals surface area contributed by atoms with Gasteiger partial charge in [0.1, 0.15) is 5.75 Å². The van der Waals surface area contributed by atoms with Gasteiger partial charge in [-0.25, -0.2) is 0 Å². The Kier molecular flexibility index (Phi) is 17.4. The summed E-state index contributed by atoms with van der Waals surface area (Å²) in [5.74, 6) is -0.265. The van der Waals surface area contributed by atoms with Crippen molar-refractivity contribution in [3.05, 3.63) is 23.5 Å². The minimum Gasteiger partial charge on any atom is -0.404 e. The van der Waals surface area contributed by atoms with Crippen LogP contribution in [0.2, 0.25) is 0 Å². The first-order valence-corrected chi connectivity index (χ1v) is 12.5. The summed E-state index contributed by atoms with van der Waals surface area (Å²) in [6.45, 7) is 9.84. The van der Waals surface area contributed by atoms with E-state index in [0.717, 1.165) is 37.8 Å². The predicted octanol–water partition coefficient (Wildman–Crippen LogP) is 4.71. The number of alkyl halides is 3. The van der Waals surface area contributed by atoms with E-state index in [-0.39, 0.29) is 30.7 Å². The summed E-state index contributed by atoms with van der Waals surface area (Å²) in [4.78, 5) is 18.4. The summed E-state index contributed by atoms with van der Waals surface area (Å²) in [5.41, 5.74) is 1.35. The third-order valence-electron chi connectivity index (χ3n) is 5.45. The van der Waals surface area contributed by atoms with E-state index in [1.807, 2.05) is 20.9 Å². The lowest BCUT2D eigenvalue weighted by Gasteiger charge is -2.30. The Bertz CT molecular complexity index is 701. The van der Waals surface area contributed by atoms with Crippen molar-refractivity contribution in [3.63, 3.8) is 0 Å². The molecule has 1 aliphatic heterocycles. The average molecular weight is 508 g/mol. The number of fused-ring (bicyclic) bond motifs is 1. The molecule has 1 aliphatic carbocycles. The van der Waals surface area contributed by atoms with Gasteiger partial charge in [-0.3, -0.25) is 9.78 Å². The number of nitrogens with zero attached hydrogens (tertiary/aromatic N) is 2. The molecule has 0 radical (unpaired) electrons. The van der Waals surface area contributed by atoms with Gasteiger partial charge in [0.15, 0.2) is 0 Å². The standard InChI is InChI=1S/C16H20F3N3O2.C5H12O.C2H6O.C2H6/c1-20-12-3-2-10(6-12)15(23)22-5-4-14-11(9-22)7-13(8-21-14)24-16(17,18)19;1-3-4-5-6-2;1-2-3;1-2/h7-8,10,12,20H,2-6,9H2,1H3;3-5H2,1-2H3;3H,2H2,1H3;1-2H3. The molecular formula is C25H44F3N3O4.